The van der Waals surface area contributed by atoms with Crippen LogP contribution >= 0.6 is 0 Å². The van der Waals surface area contributed by atoms with Gasteiger partial charge < -0.3 is 15.2 Å². The third kappa shape index (κ3) is 4.89. The second kappa shape index (κ2) is 7.21. The summed E-state index contributed by atoms with van der Waals surface area (Å²) >= 11 is 0. The largest absolute Gasteiger partial charge is 0.389 e. The maximum atomic E-state index is 10.3. The summed E-state index contributed by atoms with van der Waals surface area (Å²) < 4.78 is 5.03. The standard InChI is InChI=1S/C17H29NO2/c1-12-9-14(3)16(10-13(12)2)15(4)18-11-17(5,19)7-8-20-6/h9-10,15,18-19H,7-8,11H2,1-6H3. The number of rotatable bonds is 7. The van der Waals surface area contributed by atoms with E-state index in [2.05, 4.69) is 45.1 Å². The molecule has 2 unspecified atom stereocenters. The number of ether oxygens (including phenoxy) is 1. The number of aryl methyl sites for hydroxylation is 3. The number of benzene rings is 1. The molecule has 2 N–H and O–H groups in total. The summed E-state index contributed by atoms with van der Waals surface area (Å²) in [5.41, 5.74) is 4.49. The molecular weight excluding hydrogens is 250 g/mol. The van der Waals surface area contributed by atoms with Gasteiger partial charge in [0.05, 0.1) is 5.60 Å². The van der Waals surface area contributed by atoms with E-state index >= 15 is 0 Å². The molecule has 0 aliphatic heterocycles. The van der Waals surface area contributed by atoms with Crippen LogP contribution in [0.1, 0.15) is 48.6 Å². The first-order valence-electron chi connectivity index (χ1n) is 7.29. The Morgan fingerprint density at radius 2 is 1.80 bits per heavy atom. The van der Waals surface area contributed by atoms with E-state index in [0.29, 0.717) is 19.6 Å². The molecule has 0 radical (unpaired) electrons. The molecule has 0 aliphatic carbocycles. The molecule has 0 saturated heterocycles. The molecule has 1 rings (SSSR count). The Hall–Kier alpha value is -0.900. The normalized spacial score (nSPS) is 15.9. The van der Waals surface area contributed by atoms with Crippen molar-refractivity contribution in [1.82, 2.24) is 5.32 Å². The summed E-state index contributed by atoms with van der Waals surface area (Å²) in [6.45, 7) is 11.5. The molecule has 0 saturated carbocycles. The van der Waals surface area contributed by atoms with Crippen LogP contribution in [0.15, 0.2) is 12.1 Å². The molecule has 0 aromatic heterocycles. The molecule has 3 heteroatoms. The second-order valence-electron chi connectivity index (χ2n) is 6.14. The molecule has 0 fully saturated rings. The topological polar surface area (TPSA) is 41.5 Å². The SMILES string of the molecule is COCCC(C)(O)CNC(C)c1cc(C)c(C)cc1C. The Bertz CT molecular complexity index is 441. The van der Waals surface area contributed by atoms with E-state index in [0.717, 1.165) is 0 Å². The molecule has 1 aromatic rings. The first-order chi connectivity index (χ1) is 9.26. The minimum Gasteiger partial charge on any atom is -0.389 e. The van der Waals surface area contributed by atoms with E-state index in [-0.39, 0.29) is 6.04 Å². The van der Waals surface area contributed by atoms with Crippen LogP contribution in [0.25, 0.3) is 0 Å². The first-order valence-corrected chi connectivity index (χ1v) is 7.29. The van der Waals surface area contributed by atoms with E-state index in [9.17, 15) is 5.11 Å². The Labute approximate surface area is 123 Å². The Morgan fingerprint density at radius 1 is 1.20 bits per heavy atom. The van der Waals surface area contributed by atoms with E-state index < -0.39 is 5.60 Å². The quantitative estimate of drug-likeness (QED) is 0.806. The molecule has 0 amide bonds. The van der Waals surface area contributed by atoms with Crippen LogP contribution in [0.3, 0.4) is 0 Å². The van der Waals surface area contributed by atoms with E-state index in [1.165, 1.54) is 22.3 Å². The lowest BCUT2D eigenvalue weighted by Gasteiger charge is -2.27. The fraction of sp³-hybridized carbons (Fsp3) is 0.647. The monoisotopic (exact) mass is 279 g/mol. The zero-order valence-corrected chi connectivity index (χ0v) is 13.7. The van der Waals surface area contributed by atoms with Crippen LogP contribution in [0, 0.1) is 20.8 Å². The number of hydrogen-bond donors (Lipinski definition) is 2. The summed E-state index contributed by atoms with van der Waals surface area (Å²) in [4.78, 5) is 0. The van der Waals surface area contributed by atoms with Gasteiger partial charge in [-0.1, -0.05) is 12.1 Å². The molecule has 0 aliphatic rings. The fourth-order valence-electron chi connectivity index (χ4n) is 2.34. The highest BCUT2D eigenvalue weighted by Gasteiger charge is 2.21. The Kier molecular flexibility index (Phi) is 6.18. The summed E-state index contributed by atoms with van der Waals surface area (Å²) in [5.74, 6) is 0. The number of hydrogen-bond acceptors (Lipinski definition) is 3. The van der Waals surface area contributed by atoms with Crippen molar-refractivity contribution >= 4 is 0 Å². The van der Waals surface area contributed by atoms with Gasteiger partial charge in [-0.25, -0.2) is 0 Å². The predicted octanol–water partition coefficient (Wildman–Crippen LogP) is 3.05. The molecule has 114 valence electrons. The third-order valence-electron chi connectivity index (χ3n) is 3.98. The van der Waals surface area contributed by atoms with Gasteiger partial charge in [-0.3, -0.25) is 0 Å². The van der Waals surface area contributed by atoms with Gasteiger partial charge in [0.15, 0.2) is 0 Å². The van der Waals surface area contributed by atoms with Crippen LogP contribution in [0.2, 0.25) is 0 Å². The maximum Gasteiger partial charge on any atom is 0.0765 e. The molecule has 0 spiro atoms. The van der Waals surface area contributed by atoms with Crippen molar-refractivity contribution in [3.8, 4) is 0 Å². The minimum absolute atomic E-state index is 0.225. The Balaban J connectivity index is 2.67. The van der Waals surface area contributed by atoms with Crippen molar-refractivity contribution in [3.63, 3.8) is 0 Å². The number of nitrogens with one attached hydrogen (secondary N) is 1. The zero-order valence-electron chi connectivity index (χ0n) is 13.7. The second-order valence-corrected chi connectivity index (χ2v) is 6.14. The van der Waals surface area contributed by atoms with Gasteiger partial charge in [0.2, 0.25) is 0 Å². The lowest BCUT2D eigenvalue weighted by Crippen LogP contribution is -2.39. The third-order valence-corrected chi connectivity index (χ3v) is 3.98. The lowest BCUT2D eigenvalue weighted by atomic mass is 9.95. The molecule has 0 heterocycles. The van der Waals surface area contributed by atoms with Crippen molar-refractivity contribution in [2.24, 2.45) is 0 Å². The molecule has 2 atom stereocenters. The van der Waals surface area contributed by atoms with Gasteiger partial charge in [-0.2, -0.15) is 0 Å². The summed E-state index contributed by atoms with van der Waals surface area (Å²) in [5, 5.41) is 13.7. The van der Waals surface area contributed by atoms with Gasteiger partial charge in [-0.05, 0) is 56.9 Å². The molecule has 3 nitrogen and oxygen atoms in total. The van der Waals surface area contributed by atoms with Gasteiger partial charge in [0.1, 0.15) is 0 Å². The van der Waals surface area contributed by atoms with Gasteiger partial charge in [0.25, 0.3) is 0 Å². The van der Waals surface area contributed by atoms with Crippen molar-refractivity contribution < 1.29 is 9.84 Å². The van der Waals surface area contributed by atoms with Gasteiger partial charge >= 0.3 is 0 Å². The molecule has 1 aromatic carbocycles. The van der Waals surface area contributed by atoms with Gasteiger partial charge in [-0.15, -0.1) is 0 Å². The molecule has 20 heavy (non-hydrogen) atoms. The highest BCUT2D eigenvalue weighted by atomic mass is 16.5. The highest BCUT2D eigenvalue weighted by Crippen LogP contribution is 2.22. The average molecular weight is 279 g/mol. The molecule has 0 bridgehead atoms. The van der Waals surface area contributed by atoms with E-state index in [1.807, 2.05) is 6.92 Å². The number of methoxy groups -OCH3 is 1. The summed E-state index contributed by atoms with van der Waals surface area (Å²) in [6.07, 6.45) is 0.634. The van der Waals surface area contributed by atoms with Crippen molar-refractivity contribution in [2.75, 3.05) is 20.3 Å². The Morgan fingerprint density at radius 3 is 2.40 bits per heavy atom. The zero-order chi connectivity index (χ0) is 15.3. The average Bonchev–Trinajstić information content (AvgIpc) is 2.38. The van der Waals surface area contributed by atoms with Crippen LogP contribution < -0.4 is 5.32 Å². The maximum absolute atomic E-state index is 10.3. The fourth-order valence-corrected chi connectivity index (χ4v) is 2.34. The van der Waals surface area contributed by atoms with Crippen LogP contribution in [0.5, 0.6) is 0 Å². The van der Waals surface area contributed by atoms with Crippen LogP contribution in [0.4, 0.5) is 0 Å². The van der Waals surface area contributed by atoms with Crippen LogP contribution in [-0.4, -0.2) is 31.0 Å². The van der Waals surface area contributed by atoms with Gasteiger partial charge in [0, 0.05) is 32.7 Å². The smallest absolute Gasteiger partial charge is 0.0765 e. The highest BCUT2D eigenvalue weighted by molar-refractivity contribution is 5.38. The van der Waals surface area contributed by atoms with Crippen molar-refractivity contribution in [3.05, 3.63) is 34.4 Å². The molecular formula is C17H29NO2. The summed E-state index contributed by atoms with van der Waals surface area (Å²) in [6, 6.07) is 4.70. The first kappa shape index (κ1) is 17.2. The lowest BCUT2D eigenvalue weighted by molar-refractivity contribution is 0.0231. The predicted molar refractivity (Wildman–Crippen MR) is 84.2 cm³/mol. The number of aliphatic hydroxyl groups is 1. The minimum atomic E-state index is -0.738. The van der Waals surface area contributed by atoms with Crippen LogP contribution in [-0.2, 0) is 4.74 Å². The summed E-state index contributed by atoms with van der Waals surface area (Å²) in [7, 11) is 1.66. The van der Waals surface area contributed by atoms with E-state index in [1.54, 1.807) is 7.11 Å². The van der Waals surface area contributed by atoms with Crippen molar-refractivity contribution in [1.29, 1.82) is 0 Å². The van der Waals surface area contributed by atoms with E-state index in [4.69, 9.17) is 4.74 Å². The van der Waals surface area contributed by atoms with Crippen molar-refractivity contribution in [2.45, 2.75) is 52.7 Å².